The molecule has 2 rings (SSSR count). The quantitative estimate of drug-likeness (QED) is 0.841. The number of benzene rings is 1. The minimum absolute atomic E-state index is 0.0874. The van der Waals surface area contributed by atoms with Crippen LogP contribution in [0.2, 0.25) is 5.02 Å². The highest BCUT2D eigenvalue weighted by Gasteiger charge is 2.07. The summed E-state index contributed by atoms with van der Waals surface area (Å²) in [5.41, 5.74) is 0.693. The third kappa shape index (κ3) is 2.54. The Bertz CT molecular complexity index is 539. The summed E-state index contributed by atoms with van der Waals surface area (Å²) in [6.07, 6.45) is 4.46. The van der Waals surface area contributed by atoms with Crippen molar-refractivity contribution in [1.82, 2.24) is 14.9 Å². The van der Waals surface area contributed by atoms with Crippen LogP contribution in [0.1, 0.15) is 5.56 Å². The molecule has 0 aliphatic rings. The molecule has 0 amide bonds. The molecule has 17 heavy (non-hydrogen) atoms. The first-order valence-electron chi connectivity index (χ1n) is 4.66. The monoisotopic (exact) mass is 252 g/mol. The summed E-state index contributed by atoms with van der Waals surface area (Å²) in [6, 6.07) is 3.20. The Hall–Kier alpha value is -2.08. The first-order chi connectivity index (χ1) is 8.20. The van der Waals surface area contributed by atoms with Crippen LogP contribution in [0.5, 0.6) is 11.5 Å². The largest absolute Gasteiger partial charge is 0.503 e. The van der Waals surface area contributed by atoms with Gasteiger partial charge in [-0.25, -0.2) is 4.68 Å². The fourth-order valence-corrected chi connectivity index (χ4v) is 1.43. The van der Waals surface area contributed by atoms with Gasteiger partial charge in [-0.15, -0.1) is 10.2 Å². The van der Waals surface area contributed by atoms with Gasteiger partial charge < -0.3 is 9.84 Å². The number of ether oxygens (including phenoxy) is 1. The molecule has 0 atom stereocenters. The number of methoxy groups -OCH3 is 1. The third-order valence-corrected chi connectivity index (χ3v) is 2.31. The molecule has 0 unspecified atom stereocenters. The Morgan fingerprint density at radius 1 is 1.41 bits per heavy atom. The molecule has 1 aromatic carbocycles. The average molecular weight is 253 g/mol. The summed E-state index contributed by atoms with van der Waals surface area (Å²) in [5, 5.41) is 21.0. The summed E-state index contributed by atoms with van der Waals surface area (Å²) in [7, 11) is 1.45. The van der Waals surface area contributed by atoms with E-state index in [4.69, 9.17) is 16.3 Å². The fourth-order valence-electron chi connectivity index (χ4n) is 1.21. The van der Waals surface area contributed by atoms with E-state index in [2.05, 4.69) is 15.3 Å². The molecule has 0 fully saturated rings. The summed E-state index contributed by atoms with van der Waals surface area (Å²) in [5.74, 6) is 0.207. The van der Waals surface area contributed by atoms with Gasteiger partial charge >= 0.3 is 0 Å². The number of hydrogen-bond acceptors (Lipinski definition) is 5. The molecule has 0 saturated carbocycles. The average Bonchev–Trinajstić information content (AvgIpc) is 2.83. The normalized spacial score (nSPS) is 10.9. The SMILES string of the molecule is COc1cc(/C=N/n2cnnc2)cc(Cl)c1O. The topological polar surface area (TPSA) is 72.5 Å². The first-order valence-corrected chi connectivity index (χ1v) is 5.04. The van der Waals surface area contributed by atoms with E-state index in [1.165, 1.54) is 24.4 Å². The summed E-state index contributed by atoms with van der Waals surface area (Å²) in [6.45, 7) is 0. The van der Waals surface area contributed by atoms with Gasteiger partial charge in [0.1, 0.15) is 12.7 Å². The molecule has 0 aliphatic carbocycles. The number of rotatable bonds is 3. The maximum atomic E-state index is 9.55. The molecule has 88 valence electrons. The van der Waals surface area contributed by atoms with Crippen molar-refractivity contribution >= 4 is 17.8 Å². The maximum absolute atomic E-state index is 9.55. The smallest absolute Gasteiger partial charge is 0.176 e. The molecule has 1 aromatic heterocycles. The fraction of sp³-hybridized carbons (Fsp3) is 0.100. The lowest BCUT2D eigenvalue weighted by Crippen LogP contribution is -1.90. The third-order valence-electron chi connectivity index (χ3n) is 2.02. The van der Waals surface area contributed by atoms with Crippen LogP contribution >= 0.6 is 11.6 Å². The summed E-state index contributed by atoms with van der Waals surface area (Å²) >= 11 is 5.84. The van der Waals surface area contributed by atoms with Crippen molar-refractivity contribution in [2.24, 2.45) is 5.10 Å². The Kier molecular flexibility index (Phi) is 3.24. The maximum Gasteiger partial charge on any atom is 0.176 e. The number of hydrogen-bond donors (Lipinski definition) is 1. The standard InChI is InChI=1S/C10H9ClN4O2/c1-17-9-3-7(2-8(11)10(9)16)4-14-15-5-12-13-6-15/h2-6,16H,1H3/b14-4+. The second-order valence-corrected chi connectivity index (χ2v) is 3.55. The van der Waals surface area contributed by atoms with E-state index in [0.29, 0.717) is 11.3 Å². The molecule has 0 bridgehead atoms. The number of aromatic hydroxyl groups is 1. The van der Waals surface area contributed by atoms with E-state index in [-0.39, 0.29) is 10.8 Å². The van der Waals surface area contributed by atoms with Gasteiger partial charge in [0.25, 0.3) is 0 Å². The lowest BCUT2D eigenvalue weighted by molar-refractivity contribution is 0.373. The van der Waals surface area contributed by atoms with Crippen LogP contribution in [-0.2, 0) is 0 Å². The van der Waals surface area contributed by atoms with Crippen molar-refractivity contribution in [2.45, 2.75) is 0 Å². The number of aromatic nitrogens is 3. The van der Waals surface area contributed by atoms with Gasteiger partial charge in [-0.2, -0.15) is 5.10 Å². The minimum atomic E-state index is -0.0874. The zero-order chi connectivity index (χ0) is 12.3. The predicted octanol–water partition coefficient (Wildman–Crippen LogP) is 1.53. The molecular formula is C10H9ClN4O2. The molecule has 0 radical (unpaired) electrons. The minimum Gasteiger partial charge on any atom is -0.503 e. The molecular weight excluding hydrogens is 244 g/mol. The van der Waals surface area contributed by atoms with Crippen LogP contribution < -0.4 is 4.74 Å². The van der Waals surface area contributed by atoms with Crippen molar-refractivity contribution in [2.75, 3.05) is 7.11 Å². The van der Waals surface area contributed by atoms with Gasteiger partial charge in [-0.3, -0.25) is 0 Å². The molecule has 1 N–H and O–H groups in total. The van der Waals surface area contributed by atoms with Crippen molar-refractivity contribution < 1.29 is 9.84 Å². The summed E-state index contributed by atoms with van der Waals surface area (Å²) < 4.78 is 6.41. The molecule has 6 nitrogen and oxygen atoms in total. The van der Waals surface area contributed by atoms with Crippen LogP contribution in [0.3, 0.4) is 0 Å². The first kappa shape index (κ1) is 11.4. The Balaban J connectivity index is 2.30. The lowest BCUT2D eigenvalue weighted by Gasteiger charge is -2.05. The van der Waals surface area contributed by atoms with E-state index >= 15 is 0 Å². The van der Waals surface area contributed by atoms with Crippen molar-refractivity contribution in [3.8, 4) is 11.5 Å². The molecule has 0 aliphatic heterocycles. The van der Waals surface area contributed by atoms with Crippen LogP contribution in [0.25, 0.3) is 0 Å². The number of phenolic OH excluding ortho intramolecular Hbond substituents is 1. The molecule has 1 heterocycles. The number of halogens is 1. The van der Waals surface area contributed by atoms with Crippen LogP contribution in [0.4, 0.5) is 0 Å². The molecule has 0 spiro atoms. The van der Waals surface area contributed by atoms with Crippen LogP contribution in [-0.4, -0.2) is 33.3 Å². The zero-order valence-electron chi connectivity index (χ0n) is 8.91. The Labute approximate surface area is 102 Å². The Morgan fingerprint density at radius 3 is 2.76 bits per heavy atom. The van der Waals surface area contributed by atoms with Gasteiger partial charge in [0.2, 0.25) is 0 Å². The number of phenols is 1. The van der Waals surface area contributed by atoms with Crippen LogP contribution in [0.15, 0.2) is 29.9 Å². The van der Waals surface area contributed by atoms with Gasteiger partial charge in [0.05, 0.1) is 18.3 Å². The zero-order valence-corrected chi connectivity index (χ0v) is 9.66. The molecule has 7 heteroatoms. The highest BCUT2D eigenvalue weighted by Crippen LogP contribution is 2.34. The molecule has 2 aromatic rings. The van der Waals surface area contributed by atoms with Crippen molar-refractivity contribution in [1.29, 1.82) is 0 Å². The van der Waals surface area contributed by atoms with Gasteiger partial charge in [0, 0.05) is 0 Å². The van der Waals surface area contributed by atoms with Crippen molar-refractivity contribution in [3.63, 3.8) is 0 Å². The van der Waals surface area contributed by atoms with Gasteiger partial charge in [0.15, 0.2) is 11.5 Å². The predicted molar refractivity (Wildman–Crippen MR) is 62.7 cm³/mol. The van der Waals surface area contributed by atoms with E-state index < -0.39 is 0 Å². The second-order valence-electron chi connectivity index (χ2n) is 3.14. The lowest BCUT2D eigenvalue weighted by atomic mass is 10.2. The molecule has 0 saturated heterocycles. The van der Waals surface area contributed by atoms with Gasteiger partial charge in [-0.05, 0) is 17.7 Å². The summed E-state index contributed by atoms with van der Waals surface area (Å²) in [4.78, 5) is 0. The van der Waals surface area contributed by atoms with E-state index in [1.807, 2.05) is 0 Å². The highest BCUT2D eigenvalue weighted by molar-refractivity contribution is 6.32. The Morgan fingerprint density at radius 2 is 2.12 bits per heavy atom. The van der Waals surface area contributed by atoms with E-state index in [0.717, 1.165) is 0 Å². The van der Waals surface area contributed by atoms with Crippen LogP contribution in [0, 0.1) is 0 Å². The van der Waals surface area contributed by atoms with E-state index in [9.17, 15) is 5.11 Å². The number of nitrogens with zero attached hydrogens (tertiary/aromatic N) is 4. The second kappa shape index (κ2) is 4.84. The highest BCUT2D eigenvalue weighted by atomic mass is 35.5. The van der Waals surface area contributed by atoms with Crippen molar-refractivity contribution in [3.05, 3.63) is 35.4 Å². The van der Waals surface area contributed by atoms with E-state index in [1.54, 1.807) is 18.3 Å². The van der Waals surface area contributed by atoms with Gasteiger partial charge in [-0.1, -0.05) is 11.6 Å².